The lowest BCUT2D eigenvalue weighted by molar-refractivity contribution is 0.0522. The van der Waals surface area contributed by atoms with Gasteiger partial charge in [-0.05, 0) is 13.0 Å². The van der Waals surface area contributed by atoms with Crippen molar-refractivity contribution < 1.29 is 14.3 Å². The molecule has 5 heteroatoms. The molecule has 76 valence electrons. The highest BCUT2D eigenvalue weighted by molar-refractivity contribution is 6.30. The van der Waals surface area contributed by atoms with Gasteiger partial charge in [0, 0.05) is 6.20 Å². The zero-order valence-corrected chi connectivity index (χ0v) is 8.67. The molecule has 1 rings (SSSR count). The van der Waals surface area contributed by atoms with Gasteiger partial charge in [0.1, 0.15) is 5.56 Å². The van der Waals surface area contributed by atoms with Crippen LogP contribution in [0.5, 0.6) is 5.88 Å². The summed E-state index contributed by atoms with van der Waals surface area (Å²) >= 11 is 5.69. The molecule has 4 nitrogen and oxygen atoms in total. The van der Waals surface area contributed by atoms with Crippen molar-refractivity contribution >= 4 is 17.6 Å². The first kappa shape index (κ1) is 10.8. The van der Waals surface area contributed by atoms with Gasteiger partial charge >= 0.3 is 5.97 Å². The van der Waals surface area contributed by atoms with Crippen LogP contribution in [0.25, 0.3) is 0 Å². The first-order valence-electron chi connectivity index (χ1n) is 4.05. The van der Waals surface area contributed by atoms with Gasteiger partial charge in [-0.25, -0.2) is 9.78 Å². The second kappa shape index (κ2) is 4.81. The van der Waals surface area contributed by atoms with Crippen molar-refractivity contribution in [3.05, 3.63) is 22.8 Å². The second-order valence-corrected chi connectivity index (χ2v) is 2.87. The van der Waals surface area contributed by atoms with Gasteiger partial charge in [-0.1, -0.05) is 11.6 Å². The van der Waals surface area contributed by atoms with Crippen molar-refractivity contribution in [3.63, 3.8) is 0 Å². The molecule has 0 bridgehead atoms. The molecule has 1 heterocycles. The topological polar surface area (TPSA) is 48.4 Å². The lowest BCUT2D eigenvalue weighted by Crippen LogP contribution is -2.07. The Kier molecular flexibility index (Phi) is 3.71. The maximum atomic E-state index is 11.4. The summed E-state index contributed by atoms with van der Waals surface area (Å²) in [5.74, 6) is -0.271. The van der Waals surface area contributed by atoms with Crippen LogP contribution in [0.3, 0.4) is 0 Å². The number of carbonyl (C=O) groups excluding carboxylic acids is 1. The minimum atomic E-state index is -0.487. The fourth-order valence-corrected chi connectivity index (χ4v) is 1.10. The van der Waals surface area contributed by atoms with Crippen LogP contribution < -0.4 is 4.74 Å². The van der Waals surface area contributed by atoms with Crippen molar-refractivity contribution in [2.75, 3.05) is 13.7 Å². The summed E-state index contributed by atoms with van der Waals surface area (Å²) in [5, 5.41) is 0.369. The number of methoxy groups -OCH3 is 1. The van der Waals surface area contributed by atoms with Crippen LogP contribution in [-0.4, -0.2) is 24.7 Å². The fraction of sp³-hybridized carbons (Fsp3) is 0.333. The average Bonchev–Trinajstić information content (AvgIpc) is 2.18. The molecule has 0 aromatic carbocycles. The number of aromatic nitrogens is 1. The van der Waals surface area contributed by atoms with E-state index in [1.165, 1.54) is 19.4 Å². The summed E-state index contributed by atoms with van der Waals surface area (Å²) < 4.78 is 9.71. The Morgan fingerprint density at radius 1 is 1.64 bits per heavy atom. The van der Waals surface area contributed by atoms with E-state index in [4.69, 9.17) is 21.1 Å². The Balaban J connectivity index is 3.03. The van der Waals surface area contributed by atoms with Gasteiger partial charge in [0.15, 0.2) is 0 Å². The molecule has 0 saturated carbocycles. The number of halogens is 1. The molecule has 0 unspecified atom stereocenters. The van der Waals surface area contributed by atoms with Gasteiger partial charge < -0.3 is 9.47 Å². The van der Waals surface area contributed by atoms with E-state index in [2.05, 4.69) is 4.98 Å². The minimum Gasteiger partial charge on any atom is -0.480 e. The number of hydrogen-bond acceptors (Lipinski definition) is 4. The summed E-state index contributed by atoms with van der Waals surface area (Å²) in [6, 6.07) is 1.46. The zero-order valence-electron chi connectivity index (χ0n) is 7.91. The largest absolute Gasteiger partial charge is 0.480 e. The van der Waals surface area contributed by atoms with Gasteiger partial charge in [-0.15, -0.1) is 0 Å². The highest BCUT2D eigenvalue weighted by atomic mass is 35.5. The highest BCUT2D eigenvalue weighted by Crippen LogP contribution is 2.19. The van der Waals surface area contributed by atoms with Gasteiger partial charge in [0.2, 0.25) is 5.88 Å². The molecule has 0 N–H and O–H groups in total. The third kappa shape index (κ3) is 2.35. The average molecular weight is 216 g/mol. The van der Waals surface area contributed by atoms with Crippen LogP contribution in [0.4, 0.5) is 0 Å². The predicted molar refractivity (Wildman–Crippen MR) is 51.8 cm³/mol. The van der Waals surface area contributed by atoms with Gasteiger partial charge in [-0.3, -0.25) is 0 Å². The van der Waals surface area contributed by atoms with E-state index in [0.29, 0.717) is 11.6 Å². The number of carbonyl (C=O) groups is 1. The van der Waals surface area contributed by atoms with Crippen molar-refractivity contribution in [3.8, 4) is 5.88 Å². The molecule has 1 aromatic rings. The van der Waals surface area contributed by atoms with Crippen LogP contribution in [-0.2, 0) is 4.74 Å². The third-order valence-corrected chi connectivity index (χ3v) is 1.71. The Morgan fingerprint density at radius 3 is 2.93 bits per heavy atom. The molecular formula is C9H10ClNO3. The van der Waals surface area contributed by atoms with E-state index in [9.17, 15) is 4.79 Å². The van der Waals surface area contributed by atoms with Crippen LogP contribution in [0.1, 0.15) is 17.3 Å². The molecule has 14 heavy (non-hydrogen) atoms. The number of ether oxygens (including phenoxy) is 2. The Labute approximate surface area is 86.8 Å². The van der Waals surface area contributed by atoms with Crippen molar-refractivity contribution in [2.24, 2.45) is 0 Å². The number of rotatable bonds is 3. The van der Waals surface area contributed by atoms with Crippen LogP contribution in [0, 0.1) is 0 Å². The molecular weight excluding hydrogens is 206 g/mol. The number of hydrogen-bond donors (Lipinski definition) is 0. The second-order valence-electron chi connectivity index (χ2n) is 2.43. The highest BCUT2D eigenvalue weighted by Gasteiger charge is 2.14. The number of esters is 1. The number of nitrogens with zero attached hydrogens (tertiary/aromatic N) is 1. The summed E-state index contributed by atoms with van der Waals surface area (Å²) in [7, 11) is 1.43. The maximum absolute atomic E-state index is 11.4. The van der Waals surface area contributed by atoms with E-state index in [0.717, 1.165) is 0 Å². The fourth-order valence-electron chi connectivity index (χ4n) is 0.944. The molecule has 0 aliphatic rings. The molecule has 1 aromatic heterocycles. The van der Waals surface area contributed by atoms with Gasteiger partial charge in [0.25, 0.3) is 0 Å². The molecule has 0 aliphatic carbocycles. The van der Waals surface area contributed by atoms with E-state index in [-0.39, 0.29) is 11.4 Å². The normalized spacial score (nSPS) is 9.64. The zero-order chi connectivity index (χ0) is 10.6. The Morgan fingerprint density at radius 2 is 2.36 bits per heavy atom. The van der Waals surface area contributed by atoms with Gasteiger partial charge in [0.05, 0.1) is 18.7 Å². The van der Waals surface area contributed by atoms with E-state index >= 15 is 0 Å². The molecule has 0 spiro atoms. The van der Waals surface area contributed by atoms with Crippen LogP contribution >= 0.6 is 11.6 Å². The van der Waals surface area contributed by atoms with Crippen LogP contribution in [0.15, 0.2) is 12.3 Å². The monoisotopic (exact) mass is 215 g/mol. The molecule has 0 fully saturated rings. The molecule has 0 amide bonds. The van der Waals surface area contributed by atoms with E-state index in [1.807, 2.05) is 0 Å². The van der Waals surface area contributed by atoms with Crippen molar-refractivity contribution in [1.29, 1.82) is 0 Å². The van der Waals surface area contributed by atoms with Gasteiger partial charge in [-0.2, -0.15) is 0 Å². The summed E-state index contributed by atoms with van der Waals surface area (Å²) in [6.07, 6.45) is 1.41. The molecule has 0 radical (unpaired) electrons. The lowest BCUT2D eigenvalue weighted by Gasteiger charge is -2.06. The van der Waals surface area contributed by atoms with Crippen molar-refractivity contribution in [2.45, 2.75) is 6.92 Å². The first-order chi connectivity index (χ1) is 6.69. The van der Waals surface area contributed by atoms with E-state index in [1.54, 1.807) is 6.92 Å². The molecule has 0 aliphatic heterocycles. The maximum Gasteiger partial charge on any atom is 0.343 e. The van der Waals surface area contributed by atoms with Crippen LogP contribution in [0.2, 0.25) is 5.02 Å². The van der Waals surface area contributed by atoms with Crippen molar-refractivity contribution in [1.82, 2.24) is 4.98 Å². The summed E-state index contributed by atoms with van der Waals surface area (Å²) in [5.41, 5.74) is 0.238. The SMILES string of the molecule is CCOC(=O)c1cc(Cl)cnc1OC. The standard InChI is InChI=1S/C9H10ClNO3/c1-3-14-9(12)7-4-6(10)5-11-8(7)13-2/h4-5H,3H2,1-2H3. The summed E-state index contributed by atoms with van der Waals surface area (Å²) in [4.78, 5) is 15.2. The quantitative estimate of drug-likeness (QED) is 0.723. The minimum absolute atomic E-state index is 0.216. The third-order valence-electron chi connectivity index (χ3n) is 1.51. The number of pyridine rings is 1. The first-order valence-corrected chi connectivity index (χ1v) is 4.43. The summed E-state index contributed by atoms with van der Waals surface area (Å²) in [6.45, 7) is 2.02. The van der Waals surface area contributed by atoms with E-state index < -0.39 is 5.97 Å². The Hall–Kier alpha value is -1.29. The molecule has 0 saturated heterocycles. The lowest BCUT2D eigenvalue weighted by atomic mass is 10.3. The smallest absolute Gasteiger partial charge is 0.343 e. The predicted octanol–water partition coefficient (Wildman–Crippen LogP) is 1.92. The molecule has 0 atom stereocenters. The Bertz CT molecular complexity index is 341.